The summed E-state index contributed by atoms with van der Waals surface area (Å²) in [7, 11) is -3.48. The summed E-state index contributed by atoms with van der Waals surface area (Å²) in [4.78, 5) is 20.0. The van der Waals surface area contributed by atoms with Crippen molar-refractivity contribution >= 4 is 15.9 Å². The Bertz CT molecular complexity index is 804. The van der Waals surface area contributed by atoms with E-state index in [1.165, 1.54) is 10.5 Å². The molecule has 3 heterocycles. The molecule has 0 radical (unpaired) electrons. The van der Waals surface area contributed by atoms with Gasteiger partial charge in [-0.25, -0.2) is 8.42 Å². The average Bonchev–Trinajstić information content (AvgIpc) is 2.68. The molecule has 8 heteroatoms. The number of aromatic nitrogens is 2. The first-order chi connectivity index (χ1) is 12.1. The van der Waals surface area contributed by atoms with Crippen LogP contribution in [0, 0.1) is 5.92 Å². The Morgan fingerprint density at radius 2 is 1.84 bits per heavy atom. The Labute approximate surface area is 147 Å². The van der Waals surface area contributed by atoms with Crippen molar-refractivity contribution in [2.24, 2.45) is 5.92 Å². The molecule has 0 aromatic carbocycles. The maximum atomic E-state index is 12.6. The molecule has 1 saturated heterocycles. The summed E-state index contributed by atoms with van der Waals surface area (Å²) >= 11 is 0. The van der Waals surface area contributed by atoms with Crippen molar-refractivity contribution < 1.29 is 13.2 Å². The Balaban J connectivity index is 1.51. The number of nitrogens with one attached hydrogen (secondary N) is 1. The van der Waals surface area contributed by atoms with Crippen LogP contribution in [0.1, 0.15) is 23.2 Å². The Morgan fingerprint density at radius 1 is 1.12 bits per heavy atom. The fourth-order valence-electron chi connectivity index (χ4n) is 2.84. The van der Waals surface area contributed by atoms with Crippen LogP contribution in [-0.4, -0.2) is 48.2 Å². The smallest absolute Gasteiger partial charge is 0.251 e. The van der Waals surface area contributed by atoms with Gasteiger partial charge in [0, 0.05) is 50.0 Å². The maximum Gasteiger partial charge on any atom is 0.251 e. The number of carbonyl (C=O) groups is 1. The van der Waals surface area contributed by atoms with Crippen LogP contribution >= 0.6 is 0 Å². The van der Waals surface area contributed by atoms with Gasteiger partial charge in [0.25, 0.3) is 5.91 Å². The second kappa shape index (κ2) is 7.71. The monoisotopic (exact) mass is 360 g/mol. The van der Waals surface area contributed by atoms with Gasteiger partial charge in [0.15, 0.2) is 0 Å². The molecule has 1 aliphatic rings. The minimum absolute atomic E-state index is 0.132. The molecular weight excluding hydrogens is 340 g/mol. The number of pyridine rings is 2. The average molecular weight is 360 g/mol. The third-order valence-corrected chi connectivity index (χ3v) is 6.22. The van der Waals surface area contributed by atoms with E-state index < -0.39 is 10.0 Å². The second-order valence-electron chi connectivity index (χ2n) is 5.98. The second-order valence-corrected chi connectivity index (χ2v) is 7.92. The standard InChI is InChI=1S/C17H20N4O3S/c22-17(15-3-8-18-9-4-15)20-12-14-5-10-21(11-6-14)25(23,24)16-2-1-7-19-13-16/h1-4,7-9,13-14H,5-6,10-12H2,(H,20,22). The van der Waals surface area contributed by atoms with E-state index in [-0.39, 0.29) is 16.7 Å². The first kappa shape index (κ1) is 17.5. The molecule has 3 rings (SSSR count). The van der Waals surface area contributed by atoms with E-state index in [1.54, 1.807) is 42.9 Å². The topological polar surface area (TPSA) is 92.3 Å². The molecule has 0 saturated carbocycles. The van der Waals surface area contributed by atoms with Crippen LogP contribution < -0.4 is 5.32 Å². The molecule has 1 N–H and O–H groups in total. The summed E-state index contributed by atoms with van der Waals surface area (Å²) in [5, 5.41) is 2.91. The summed E-state index contributed by atoms with van der Waals surface area (Å²) < 4.78 is 26.6. The van der Waals surface area contributed by atoms with Gasteiger partial charge in [0.05, 0.1) is 0 Å². The van der Waals surface area contributed by atoms with Crippen molar-refractivity contribution in [3.63, 3.8) is 0 Å². The van der Waals surface area contributed by atoms with Gasteiger partial charge in [-0.05, 0) is 43.0 Å². The molecule has 132 valence electrons. The molecule has 2 aromatic rings. The highest BCUT2D eigenvalue weighted by molar-refractivity contribution is 7.89. The molecule has 7 nitrogen and oxygen atoms in total. The number of amides is 1. The minimum atomic E-state index is -3.48. The lowest BCUT2D eigenvalue weighted by Crippen LogP contribution is -2.41. The summed E-state index contributed by atoms with van der Waals surface area (Å²) in [6, 6.07) is 6.51. The van der Waals surface area contributed by atoms with Gasteiger partial charge in [-0.1, -0.05) is 0 Å². The summed E-state index contributed by atoms with van der Waals surface area (Å²) in [5.74, 6) is 0.138. The van der Waals surface area contributed by atoms with Crippen LogP contribution in [0.15, 0.2) is 53.9 Å². The van der Waals surface area contributed by atoms with Crippen molar-refractivity contribution in [3.05, 3.63) is 54.6 Å². The number of piperidine rings is 1. The van der Waals surface area contributed by atoms with Crippen LogP contribution in [0.4, 0.5) is 0 Å². The first-order valence-electron chi connectivity index (χ1n) is 8.16. The Hall–Kier alpha value is -2.32. The quantitative estimate of drug-likeness (QED) is 0.868. The van der Waals surface area contributed by atoms with E-state index in [2.05, 4.69) is 15.3 Å². The molecule has 0 aliphatic carbocycles. The van der Waals surface area contributed by atoms with E-state index in [1.807, 2.05) is 0 Å². The van der Waals surface area contributed by atoms with Gasteiger partial charge in [0.2, 0.25) is 10.0 Å². The molecule has 1 fully saturated rings. The minimum Gasteiger partial charge on any atom is -0.352 e. The SMILES string of the molecule is O=C(NCC1CCN(S(=O)(=O)c2cccnc2)CC1)c1ccncc1. The zero-order valence-electron chi connectivity index (χ0n) is 13.7. The number of hydrogen-bond acceptors (Lipinski definition) is 5. The summed E-state index contributed by atoms with van der Waals surface area (Å²) in [5.41, 5.74) is 0.576. The highest BCUT2D eigenvalue weighted by Gasteiger charge is 2.29. The van der Waals surface area contributed by atoms with Crippen molar-refractivity contribution in [2.75, 3.05) is 19.6 Å². The van der Waals surface area contributed by atoms with Crippen LogP contribution in [0.25, 0.3) is 0 Å². The van der Waals surface area contributed by atoms with Crippen LogP contribution in [0.2, 0.25) is 0 Å². The third kappa shape index (κ3) is 4.21. The number of sulfonamides is 1. The van der Waals surface area contributed by atoms with Crippen LogP contribution in [-0.2, 0) is 10.0 Å². The van der Waals surface area contributed by atoms with Gasteiger partial charge in [-0.15, -0.1) is 0 Å². The molecule has 0 spiro atoms. The van der Waals surface area contributed by atoms with Gasteiger partial charge >= 0.3 is 0 Å². The zero-order chi connectivity index (χ0) is 17.7. The zero-order valence-corrected chi connectivity index (χ0v) is 14.5. The first-order valence-corrected chi connectivity index (χ1v) is 9.60. The number of rotatable bonds is 5. The van der Waals surface area contributed by atoms with E-state index in [0.717, 1.165) is 12.8 Å². The lowest BCUT2D eigenvalue weighted by Gasteiger charge is -2.31. The predicted molar refractivity (Wildman–Crippen MR) is 92.3 cm³/mol. The Kier molecular flexibility index (Phi) is 5.40. The number of nitrogens with zero attached hydrogens (tertiary/aromatic N) is 3. The fourth-order valence-corrected chi connectivity index (χ4v) is 4.28. The normalized spacial score (nSPS) is 16.5. The molecule has 1 aliphatic heterocycles. The Morgan fingerprint density at radius 3 is 2.48 bits per heavy atom. The summed E-state index contributed by atoms with van der Waals surface area (Å²) in [6.07, 6.45) is 7.52. The van der Waals surface area contributed by atoms with Gasteiger partial charge in [-0.3, -0.25) is 14.8 Å². The predicted octanol–water partition coefficient (Wildman–Crippen LogP) is 1.31. The lowest BCUT2D eigenvalue weighted by molar-refractivity contribution is 0.0941. The summed E-state index contributed by atoms with van der Waals surface area (Å²) in [6.45, 7) is 1.45. The van der Waals surface area contributed by atoms with Crippen LogP contribution in [0.3, 0.4) is 0 Å². The molecule has 1 amide bonds. The molecule has 0 unspecified atom stereocenters. The van der Waals surface area contributed by atoms with E-state index in [4.69, 9.17) is 0 Å². The highest BCUT2D eigenvalue weighted by Crippen LogP contribution is 2.23. The van der Waals surface area contributed by atoms with E-state index >= 15 is 0 Å². The number of carbonyl (C=O) groups excluding carboxylic acids is 1. The van der Waals surface area contributed by atoms with Crippen molar-refractivity contribution in [2.45, 2.75) is 17.7 Å². The van der Waals surface area contributed by atoms with Gasteiger partial charge in [-0.2, -0.15) is 4.31 Å². The highest BCUT2D eigenvalue weighted by atomic mass is 32.2. The van der Waals surface area contributed by atoms with Crippen molar-refractivity contribution in [1.82, 2.24) is 19.6 Å². The van der Waals surface area contributed by atoms with E-state index in [9.17, 15) is 13.2 Å². The van der Waals surface area contributed by atoms with Crippen LogP contribution in [0.5, 0.6) is 0 Å². The van der Waals surface area contributed by atoms with Gasteiger partial charge < -0.3 is 5.32 Å². The van der Waals surface area contributed by atoms with Gasteiger partial charge in [0.1, 0.15) is 4.90 Å². The molecule has 2 aromatic heterocycles. The number of hydrogen-bond donors (Lipinski definition) is 1. The molecule has 0 bridgehead atoms. The lowest BCUT2D eigenvalue weighted by atomic mass is 9.98. The molecule has 25 heavy (non-hydrogen) atoms. The maximum absolute atomic E-state index is 12.6. The largest absolute Gasteiger partial charge is 0.352 e. The third-order valence-electron chi connectivity index (χ3n) is 4.34. The van der Waals surface area contributed by atoms with E-state index in [0.29, 0.717) is 25.2 Å². The van der Waals surface area contributed by atoms with Crippen molar-refractivity contribution in [1.29, 1.82) is 0 Å². The molecule has 0 atom stereocenters. The fraction of sp³-hybridized carbons (Fsp3) is 0.353. The molecular formula is C17H20N4O3S. The van der Waals surface area contributed by atoms with Crippen molar-refractivity contribution in [3.8, 4) is 0 Å².